The van der Waals surface area contributed by atoms with Crippen molar-refractivity contribution in [3.63, 3.8) is 0 Å². The highest BCUT2D eigenvalue weighted by Crippen LogP contribution is 2.34. The molecule has 2 heteroatoms. The number of nitrogens with one attached hydrogen (secondary N) is 1. The van der Waals surface area contributed by atoms with E-state index in [1.807, 2.05) is 0 Å². The number of aryl methyl sites for hydroxylation is 2. The molecule has 108 valence electrons. The second-order valence-corrected chi connectivity index (χ2v) is 6.98. The van der Waals surface area contributed by atoms with Crippen molar-refractivity contribution in [3.8, 4) is 0 Å². The lowest BCUT2D eigenvalue weighted by atomic mass is 9.98. The van der Waals surface area contributed by atoms with Gasteiger partial charge < -0.3 is 5.32 Å². The third kappa shape index (κ3) is 4.32. The van der Waals surface area contributed by atoms with Crippen LogP contribution in [-0.2, 0) is 12.8 Å². The van der Waals surface area contributed by atoms with E-state index in [4.69, 9.17) is 0 Å². The largest absolute Gasteiger partial charge is 0.309 e. The summed E-state index contributed by atoms with van der Waals surface area (Å²) in [6, 6.07) is 3.13. The molecule has 0 radical (unpaired) electrons. The quantitative estimate of drug-likeness (QED) is 0.641. The van der Waals surface area contributed by atoms with E-state index in [1.54, 1.807) is 15.3 Å². The molecule has 1 aliphatic carbocycles. The average Bonchev–Trinajstić information content (AvgIpc) is 2.86. The van der Waals surface area contributed by atoms with Gasteiger partial charge in [0.25, 0.3) is 0 Å². The Balaban J connectivity index is 2.01. The van der Waals surface area contributed by atoms with Gasteiger partial charge >= 0.3 is 0 Å². The van der Waals surface area contributed by atoms with Crippen LogP contribution in [0.3, 0.4) is 0 Å². The smallest absolute Gasteiger partial charge is 0.0414 e. The predicted molar refractivity (Wildman–Crippen MR) is 86.1 cm³/mol. The molecular formula is C17H29NS. The van der Waals surface area contributed by atoms with Gasteiger partial charge in [-0.3, -0.25) is 0 Å². The van der Waals surface area contributed by atoms with Gasteiger partial charge in [-0.15, -0.1) is 11.3 Å². The zero-order valence-electron chi connectivity index (χ0n) is 12.6. The van der Waals surface area contributed by atoms with Gasteiger partial charge in [0, 0.05) is 15.8 Å². The number of fused-ring (bicyclic) bond motifs is 1. The van der Waals surface area contributed by atoms with Crippen LogP contribution in [0.2, 0.25) is 0 Å². The number of rotatable bonds is 8. The minimum Gasteiger partial charge on any atom is -0.309 e. The second kappa shape index (κ2) is 8.06. The molecule has 1 atom stereocenters. The van der Waals surface area contributed by atoms with E-state index in [0.717, 1.165) is 6.54 Å². The molecule has 0 fully saturated rings. The number of thiophene rings is 1. The lowest BCUT2D eigenvalue weighted by Crippen LogP contribution is -2.21. The standard InChI is InChI=1S/C17H29NS/c1-3-5-6-10-15(18-12-4-2)17-13-14-9-7-8-11-16(14)19-17/h13,15,18H,3-12H2,1-2H3. The van der Waals surface area contributed by atoms with Crippen LogP contribution in [0.25, 0.3) is 0 Å². The molecule has 0 spiro atoms. The zero-order valence-corrected chi connectivity index (χ0v) is 13.5. The molecule has 19 heavy (non-hydrogen) atoms. The van der Waals surface area contributed by atoms with Gasteiger partial charge in [0.1, 0.15) is 0 Å². The molecule has 0 bridgehead atoms. The van der Waals surface area contributed by atoms with Crippen LogP contribution in [0.4, 0.5) is 0 Å². The van der Waals surface area contributed by atoms with Crippen molar-refractivity contribution in [2.24, 2.45) is 0 Å². The Kier molecular flexibility index (Phi) is 6.39. The molecule has 0 saturated heterocycles. The van der Waals surface area contributed by atoms with Crippen LogP contribution in [0.5, 0.6) is 0 Å². The Hall–Kier alpha value is -0.340. The normalized spacial score (nSPS) is 16.3. The Morgan fingerprint density at radius 1 is 1.16 bits per heavy atom. The van der Waals surface area contributed by atoms with Crippen molar-refractivity contribution in [2.45, 2.75) is 77.7 Å². The van der Waals surface area contributed by atoms with Crippen LogP contribution in [0.15, 0.2) is 6.07 Å². The summed E-state index contributed by atoms with van der Waals surface area (Å²) in [6.07, 6.45) is 12.0. The summed E-state index contributed by atoms with van der Waals surface area (Å²) in [5.41, 5.74) is 1.66. The summed E-state index contributed by atoms with van der Waals surface area (Å²) in [7, 11) is 0. The van der Waals surface area contributed by atoms with Gasteiger partial charge in [0.15, 0.2) is 0 Å². The van der Waals surface area contributed by atoms with E-state index in [2.05, 4.69) is 36.6 Å². The van der Waals surface area contributed by atoms with Crippen molar-refractivity contribution in [3.05, 3.63) is 21.4 Å². The van der Waals surface area contributed by atoms with Crippen LogP contribution in [-0.4, -0.2) is 6.54 Å². The topological polar surface area (TPSA) is 12.0 Å². The van der Waals surface area contributed by atoms with Gasteiger partial charge in [0.05, 0.1) is 0 Å². The summed E-state index contributed by atoms with van der Waals surface area (Å²) >= 11 is 2.09. The van der Waals surface area contributed by atoms with Crippen LogP contribution in [0, 0.1) is 0 Å². The van der Waals surface area contributed by atoms with E-state index >= 15 is 0 Å². The van der Waals surface area contributed by atoms with Gasteiger partial charge in [-0.2, -0.15) is 0 Å². The van der Waals surface area contributed by atoms with E-state index < -0.39 is 0 Å². The molecule has 2 rings (SSSR count). The first-order chi connectivity index (χ1) is 9.35. The lowest BCUT2D eigenvalue weighted by Gasteiger charge is -2.17. The Morgan fingerprint density at radius 2 is 2.00 bits per heavy atom. The van der Waals surface area contributed by atoms with E-state index in [9.17, 15) is 0 Å². The van der Waals surface area contributed by atoms with Crippen LogP contribution in [0.1, 0.15) is 80.2 Å². The van der Waals surface area contributed by atoms with E-state index in [1.165, 1.54) is 57.8 Å². The Bertz CT molecular complexity index is 346. The molecule has 1 heterocycles. The third-order valence-corrected chi connectivity index (χ3v) is 5.45. The maximum Gasteiger partial charge on any atom is 0.0414 e. The van der Waals surface area contributed by atoms with Gasteiger partial charge in [-0.05, 0) is 56.7 Å². The minimum atomic E-state index is 0.613. The highest BCUT2D eigenvalue weighted by atomic mass is 32.1. The van der Waals surface area contributed by atoms with Gasteiger partial charge in [-0.25, -0.2) is 0 Å². The van der Waals surface area contributed by atoms with E-state index in [0.29, 0.717) is 6.04 Å². The summed E-state index contributed by atoms with van der Waals surface area (Å²) in [4.78, 5) is 3.29. The molecule has 0 saturated carbocycles. The highest BCUT2D eigenvalue weighted by molar-refractivity contribution is 7.12. The van der Waals surface area contributed by atoms with Crippen molar-refractivity contribution >= 4 is 11.3 Å². The molecule has 0 aromatic carbocycles. The fourth-order valence-electron chi connectivity index (χ4n) is 2.95. The molecule has 0 aliphatic heterocycles. The monoisotopic (exact) mass is 279 g/mol. The Morgan fingerprint density at radius 3 is 2.74 bits per heavy atom. The summed E-state index contributed by atoms with van der Waals surface area (Å²) in [5, 5.41) is 3.76. The van der Waals surface area contributed by atoms with Crippen molar-refractivity contribution in [1.82, 2.24) is 5.32 Å². The van der Waals surface area contributed by atoms with E-state index in [-0.39, 0.29) is 0 Å². The number of hydrogen-bond acceptors (Lipinski definition) is 2. The van der Waals surface area contributed by atoms with Crippen LogP contribution < -0.4 is 5.32 Å². The average molecular weight is 279 g/mol. The molecule has 0 amide bonds. The first-order valence-corrected chi connectivity index (χ1v) is 9.01. The molecular weight excluding hydrogens is 250 g/mol. The van der Waals surface area contributed by atoms with Crippen LogP contribution >= 0.6 is 11.3 Å². The minimum absolute atomic E-state index is 0.613. The summed E-state index contributed by atoms with van der Waals surface area (Å²) in [6.45, 7) is 5.70. The molecule has 1 aromatic heterocycles. The predicted octanol–water partition coefficient (Wildman–Crippen LogP) is 5.25. The number of unbranched alkanes of at least 4 members (excludes halogenated alkanes) is 2. The lowest BCUT2D eigenvalue weighted by molar-refractivity contribution is 0.480. The Labute approximate surface area is 122 Å². The fourth-order valence-corrected chi connectivity index (χ4v) is 4.31. The summed E-state index contributed by atoms with van der Waals surface area (Å²) in [5.74, 6) is 0. The van der Waals surface area contributed by atoms with Gasteiger partial charge in [0.2, 0.25) is 0 Å². The third-order valence-electron chi connectivity index (χ3n) is 4.10. The fraction of sp³-hybridized carbons (Fsp3) is 0.765. The maximum atomic E-state index is 3.76. The summed E-state index contributed by atoms with van der Waals surface area (Å²) < 4.78 is 0. The zero-order chi connectivity index (χ0) is 13.5. The highest BCUT2D eigenvalue weighted by Gasteiger charge is 2.18. The molecule has 1 aliphatic rings. The number of hydrogen-bond donors (Lipinski definition) is 1. The van der Waals surface area contributed by atoms with Crippen molar-refractivity contribution in [2.75, 3.05) is 6.54 Å². The van der Waals surface area contributed by atoms with Gasteiger partial charge in [-0.1, -0.05) is 33.1 Å². The maximum absolute atomic E-state index is 3.76. The first-order valence-electron chi connectivity index (χ1n) is 8.20. The molecule has 1 nitrogen and oxygen atoms in total. The van der Waals surface area contributed by atoms with Crippen molar-refractivity contribution < 1.29 is 0 Å². The molecule has 1 unspecified atom stereocenters. The van der Waals surface area contributed by atoms with Crippen molar-refractivity contribution in [1.29, 1.82) is 0 Å². The molecule has 1 aromatic rings. The molecule has 1 N–H and O–H groups in total. The first kappa shape index (κ1) is 15.1. The SMILES string of the molecule is CCCCCC(NCCC)c1cc2c(s1)CCCC2. The second-order valence-electron chi connectivity index (χ2n) is 5.81.